The Morgan fingerprint density at radius 3 is 2.52 bits per heavy atom. The molecule has 162 valence electrons. The van der Waals surface area contributed by atoms with Crippen molar-refractivity contribution in [3.63, 3.8) is 0 Å². The molecular weight excluding hydrogens is 450 g/mol. The summed E-state index contributed by atoms with van der Waals surface area (Å²) in [6.45, 7) is 2.04. The second-order valence-corrected chi connectivity index (χ2v) is 9.27. The van der Waals surface area contributed by atoms with Crippen LogP contribution in [0.15, 0.2) is 95.4 Å². The summed E-state index contributed by atoms with van der Waals surface area (Å²) in [7, 11) is 0. The van der Waals surface area contributed by atoms with Crippen molar-refractivity contribution < 1.29 is 9.53 Å². The number of carbonyl (C=O) groups is 1. The number of thiazole rings is 1. The molecule has 0 aliphatic carbocycles. The predicted molar refractivity (Wildman–Crippen MR) is 136 cm³/mol. The molecule has 0 aliphatic heterocycles. The van der Waals surface area contributed by atoms with E-state index in [0.717, 1.165) is 26.4 Å². The third kappa shape index (κ3) is 4.84. The third-order valence-corrected chi connectivity index (χ3v) is 6.63. The van der Waals surface area contributed by atoms with Gasteiger partial charge in [0.2, 0.25) is 5.13 Å². The number of anilines is 1. The number of aryl methyl sites for hydroxylation is 1. The number of nitrogens with zero attached hydrogens (tertiary/aromatic N) is 3. The van der Waals surface area contributed by atoms with Crippen LogP contribution in [0, 0.1) is 6.92 Å². The molecule has 0 saturated heterocycles. The van der Waals surface area contributed by atoms with Crippen molar-refractivity contribution >= 4 is 50.1 Å². The van der Waals surface area contributed by atoms with Gasteiger partial charge < -0.3 is 4.74 Å². The summed E-state index contributed by atoms with van der Waals surface area (Å²) in [6, 6.07) is 26.5. The molecule has 5 rings (SSSR count). The number of hydrazone groups is 1. The molecule has 0 N–H and O–H groups in total. The van der Waals surface area contributed by atoms with Gasteiger partial charge in [0.25, 0.3) is 5.91 Å². The van der Waals surface area contributed by atoms with Crippen LogP contribution in [0.4, 0.5) is 5.13 Å². The van der Waals surface area contributed by atoms with Crippen LogP contribution in [0.1, 0.15) is 20.8 Å². The number of amides is 1. The molecule has 0 aliphatic rings. The Balaban J connectivity index is 1.45. The number of hydrogen-bond acceptors (Lipinski definition) is 6. The number of aromatic nitrogens is 1. The van der Waals surface area contributed by atoms with E-state index in [1.807, 2.05) is 66.9 Å². The average Bonchev–Trinajstić information content (AvgIpc) is 3.50. The normalized spacial score (nSPS) is 11.2. The highest BCUT2D eigenvalue weighted by molar-refractivity contribution is 7.22. The SMILES string of the molecule is Cc1ccc2nc(N(/N=C/c3cccs3)C(=O)c3ccc(Oc4ccccc4)cc3)sc2c1. The minimum absolute atomic E-state index is 0.259. The largest absolute Gasteiger partial charge is 0.457 e. The molecule has 1 amide bonds. The van der Waals surface area contributed by atoms with Crippen LogP contribution in [0.3, 0.4) is 0 Å². The van der Waals surface area contributed by atoms with E-state index in [0.29, 0.717) is 16.4 Å². The first kappa shape index (κ1) is 21.1. The zero-order chi connectivity index (χ0) is 22.6. The van der Waals surface area contributed by atoms with E-state index in [1.54, 1.807) is 41.8 Å². The smallest absolute Gasteiger partial charge is 0.280 e. The van der Waals surface area contributed by atoms with Crippen LogP contribution in [0.5, 0.6) is 11.5 Å². The highest BCUT2D eigenvalue weighted by atomic mass is 32.1. The molecule has 0 unspecified atom stereocenters. The Bertz CT molecular complexity index is 1410. The number of para-hydroxylation sites is 1. The molecule has 0 atom stereocenters. The Labute approximate surface area is 199 Å². The Hall–Kier alpha value is -3.81. The van der Waals surface area contributed by atoms with Gasteiger partial charge in [-0.05, 0) is 72.5 Å². The number of benzene rings is 3. The number of thiophene rings is 1. The standard InChI is InChI=1S/C26H19N3O2S2/c1-18-9-14-23-24(16-18)33-26(28-23)29(27-17-22-8-5-15-32-22)25(30)19-10-12-21(13-11-19)31-20-6-3-2-4-7-20/h2-17H,1H3/b27-17+. The highest BCUT2D eigenvalue weighted by Crippen LogP contribution is 2.31. The zero-order valence-corrected chi connectivity index (χ0v) is 19.3. The van der Waals surface area contributed by atoms with Gasteiger partial charge in [0.15, 0.2) is 0 Å². The quantitative estimate of drug-likeness (QED) is 0.196. The summed E-state index contributed by atoms with van der Waals surface area (Å²) in [6.07, 6.45) is 1.69. The van der Waals surface area contributed by atoms with Crippen LogP contribution in [-0.2, 0) is 0 Å². The van der Waals surface area contributed by atoms with Gasteiger partial charge in [-0.25, -0.2) is 4.98 Å². The van der Waals surface area contributed by atoms with Crippen molar-refractivity contribution in [2.24, 2.45) is 5.10 Å². The first-order valence-corrected chi connectivity index (χ1v) is 12.0. The van der Waals surface area contributed by atoms with Crippen molar-refractivity contribution in [3.05, 3.63) is 106 Å². The number of carbonyl (C=O) groups excluding carboxylic acids is 1. The number of ether oxygens (including phenoxy) is 1. The fourth-order valence-electron chi connectivity index (χ4n) is 3.19. The van der Waals surface area contributed by atoms with Crippen LogP contribution >= 0.6 is 22.7 Å². The molecule has 2 heterocycles. The maximum absolute atomic E-state index is 13.5. The summed E-state index contributed by atoms with van der Waals surface area (Å²) in [5, 5.41) is 8.37. The van der Waals surface area contributed by atoms with E-state index in [2.05, 4.69) is 16.2 Å². The van der Waals surface area contributed by atoms with E-state index in [4.69, 9.17) is 4.74 Å². The topological polar surface area (TPSA) is 54.8 Å². The van der Waals surface area contributed by atoms with Crippen LogP contribution in [-0.4, -0.2) is 17.1 Å². The Morgan fingerprint density at radius 2 is 1.76 bits per heavy atom. The second kappa shape index (κ2) is 9.36. The Kier molecular flexibility index (Phi) is 5.97. The lowest BCUT2D eigenvalue weighted by molar-refractivity contribution is 0.0988. The van der Waals surface area contributed by atoms with Gasteiger partial charge in [0.05, 0.1) is 16.4 Å². The van der Waals surface area contributed by atoms with E-state index in [1.165, 1.54) is 16.3 Å². The minimum Gasteiger partial charge on any atom is -0.457 e. The van der Waals surface area contributed by atoms with E-state index in [9.17, 15) is 4.79 Å². The van der Waals surface area contributed by atoms with Crippen molar-refractivity contribution in [3.8, 4) is 11.5 Å². The molecule has 0 spiro atoms. The van der Waals surface area contributed by atoms with Crippen molar-refractivity contribution in [1.82, 2.24) is 4.98 Å². The molecule has 2 aromatic heterocycles. The van der Waals surface area contributed by atoms with Gasteiger partial charge in [0.1, 0.15) is 11.5 Å². The monoisotopic (exact) mass is 469 g/mol. The lowest BCUT2D eigenvalue weighted by Gasteiger charge is -2.14. The van der Waals surface area contributed by atoms with Gasteiger partial charge in [-0.3, -0.25) is 4.79 Å². The summed E-state index contributed by atoms with van der Waals surface area (Å²) in [4.78, 5) is 19.1. The van der Waals surface area contributed by atoms with Crippen LogP contribution in [0.2, 0.25) is 0 Å². The van der Waals surface area contributed by atoms with E-state index in [-0.39, 0.29) is 5.91 Å². The zero-order valence-electron chi connectivity index (χ0n) is 17.7. The average molecular weight is 470 g/mol. The highest BCUT2D eigenvalue weighted by Gasteiger charge is 2.21. The molecule has 5 aromatic rings. The van der Waals surface area contributed by atoms with Gasteiger partial charge in [-0.1, -0.05) is 41.7 Å². The van der Waals surface area contributed by atoms with Gasteiger partial charge in [0, 0.05) is 10.4 Å². The summed E-state index contributed by atoms with van der Waals surface area (Å²) < 4.78 is 6.86. The molecule has 0 radical (unpaired) electrons. The summed E-state index contributed by atoms with van der Waals surface area (Å²) in [5.74, 6) is 1.13. The number of fused-ring (bicyclic) bond motifs is 1. The maximum atomic E-state index is 13.5. The molecule has 3 aromatic carbocycles. The summed E-state index contributed by atoms with van der Waals surface area (Å²) >= 11 is 3.00. The molecule has 7 heteroatoms. The molecule has 0 fully saturated rings. The number of rotatable bonds is 6. The van der Waals surface area contributed by atoms with Crippen molar-refractivity contribution in [1.29, 1.82) is 0 Å². The molecule has 33 heavy (non-hydrogen) atoms. The third-order valence-electron chi connectivity index (χ3n) is 4.83. The first-order valence-electron chi connectivity index (χ1n) is 10.3. The minimum atomic E-state index is -0.259. The molecule has 0 saturated carbocycles. The summed E-state index contributed by atoms with van der Waals surface area (Å²) in [5.41, 5.74) is 2.48. The fourth-order valence-corrected chi connectivity index (χ4v) is 4.79. The first-order chi connectivity index (χ1) is 16.2. The van der Waals surface area contributed by atoms with Crippen LogP contribution < -0.4 is 9.75 Å². The van der Waals surface area contributed by atoms with E-state index >= 15 is 0 Å². The lowest BCUT2D eigenvalue weighted by Crippen LogP contribution is -2.25. The maximum Gasteiger partial charge on any atom is 0.280 e. The van der Waals surface area contributed by atoms with Crippen LogP contribution in [0.25, 0.3) is 10.2 Å². The molecular formula is C26H19N3O2S2. The van der Waals surface area contributed by atoms with Gasteiger partial charge in [-0.15, -0.1) is 11.3 Å². The number of hydrogen-bond donors (Lipinski definition) is 0. The fraction of sp³-hybridized carbons (Fsp3) is 0.0385. The lowest BCUT2D eigenvalue weighted by atomic mass is 10.2. The molecule has 0 bridgehead atoms. The van der Waals surface area contributed by atoms with E-state index < -0.39 is 0 Å². The van der Waals surface area contributed by atoms with Gasteiger partial charge >= 0.3 is 0 Å². The van der Waals surface area contributed by atoms with Crippen molar-refractivity contribution in [2.45, 2.75) is 6.92 Å². The van der Waals surface area contributed by atoms with Gasteiger partial charge in [-0.2, -0.15) is 10.1 Å². The van der Waals surface area contributed by atoms with Crippen molar-refractivity contribution in [2.75, 3.05) is 5.01 Å². The Morgan fingerprint density at radius 1 is 0.970 bits per heavy atom. The second-order valence-electron chi connectivity index (χ2n) is 7.28. The predicted octanol–water partition coefficient (Wildman–Crippen LogP) is 7.14. The molecule has 5 nitrogen and oxygen atoms in total.